The summed E-state index contributed by atoms with van der Waals surface area (Å²) in [6, 6.07) is 15.5. The summed E-state index contributed by atoms with van der Waals surface area (Å²) >= 11 is 0. The standard InChI is InChI=1S/C18H22N2/c1-2-12-19-17(14-7-4-3-5-8-14)16-11-10-15-9-6-13-20-18(15)16/h3-9,13,16-17,19H,2,10-12H2,1H3. The second-order valence-electron chi connectivity index (χ2n) is 5.54. The molecule has 1 N–H and O–H groups in total. The van der Waals surface area contributed by atoms with Gasteiger partial charge in [0, 0.05) is 23.9 Å². The highest BCUT2D eigenvalue weighted by molar-refractivity contribution is 5.33. The van der Waals surface area contributed by atoms with Gasteiger partial charge < -0.3 is 5.32 Å². The van der Waals surface area contributed by atoms with Crippen molar-refractivity contribution in [3.63, 3.8) is 0 Å². The normalized spacial score (nSPS) is 18.8. The molecule has 1 aromatic carbocycles. The third-order valence-electron chi connectivity index (χ3n) is 4.18. The van der Waals surface area contributed by atoms with E-state index in [1.54, 1.807) is 0 Å². The number of aromatic nitrogens is 1. The van der Waals surface area contributed by atoms with Gasteiger partial charge in [0.25, 0.3) is 0 Å². The monoisotopic (exact) mass is 266 g/mol. The molecule has 0 spiro atoms. The van der Waals surface area contributed by atoms with E-state index in [1.165, 1.54) is 23.2 Å². The number of aryl methyl sites for hydroxylation is 1. The number of hydrogen-bond donors (Lipinski definition) is 1. The van der Waals surface area contributed by atoms with Gasteiger partial charge in [-0.1, -0.05) is 43.3 Å². The van der Waals surface area contributed by atoms with Crippen LogP contribution in [0.3, 0.4) is 0 Å². The summed E-state index contributed by atoms with van der Waals surface area (Å²) in [4.78, 5) is 4.66. The first kappa shape index (κ1) is 13.3. The van der Waals surface area contributed by atoms with E-state index in [0.717, 1.165) is 19.4 Å². The van der Waals surface area contributed by atoms with Gasteiger partial charge in [-0.2, -0.15) is 0 Å². The predicted molar refractivity (Wildman–Crippen MR) is 82.8 cm³/mol. The van der Waals surface area contributed by atoms with Crippen LogP contribution in [0.15, 0.2) is 48.7 Å². The Morgan fingerprint density at radius 1 is 1.20 bits per heavy atom. The number of fused-ring (bicyclic) bond motifs is 1. The second kappa shape index (κ2) is 6.19. The number of nitrogens with one attached hydrogen (secondary N) is 1. The summed E-state index contributed by atoms with van der Waals surface area (Å²) in [6.07, 6.45) is 5.44. The minimum atomic E-state index is 0.382. The van der Waals surface area contributed by atoms with Crippen molar-refractivity contribution in [1.29, 1.82) is 0 Å². The van der Waals surface area contributed by atoms with Gasteiger partial charge in [-0.25, -0.2) is 0 Å². The molecule has 104 valence electrons. The van der Waals surface area contributed by atoms with Crippen molar-refractivity contribution in [2.45, 2.75) is 38.1 Å². The molecule has 2 atom stereocenters. The Balaban J connectivity index is 1.91. The lowest BCUT2D eigenvalue weighted by Gasteiger charge is -2.25. The highest BCUT2D eigenvalue weighted by Gasteiger charge is 2.31. The molecule has 0 aliphatic heterocycles. The molecule has 0 saturated carbocycles. The fraction of sp³-hybridized carbons (Fsp3) is 0.389. The van der Waals surface area contributed by atoms with Crippen LogP contribution in [0.5, 0.6) is 0 Å². The Morgan fingerprint density at radius 2 is 2.05 bits per heavy atom. The van der Waals surface area contributed by atoms with E-state index in [1.807, 2.05) is 6.20 Å². The Hall–Kier alpha value is -1.67. The van der Waals surface area contributed by atoms with E-state index in [0.29, 0.717) is 12.0 Å². The topological polar surface area (TPSA) is 24.9 Å². The smallest absolute Gasteiger partial charge is 0.0485 e. The van der Waals surface area contributed by atoms with E-state index >= 15 is 0 Å². The summed E-state index contributed by atoms with van der Waals surface area (Å²) in [6.45, 7) is 3.27. The van der Waals surface area contributed by atoms with E-state index in [9.17, 15) is 0 Å². The molecular weight excluding hydrogens is 244 g/mol. The van der Waals surface area contributed by atoms with Gasteiger partial charge in [-0.05, 0) is 43.0 Å². The Bertz CT molecular complexity index is 550. The van der Waals surface area contributed by atoms with Gasteiger partial charge in [-0.15, -0.1) is 0 Å². The fourth-order valence-corrected chi connectivity index (χ4v) is 3.22. The lowest BCUT2D eigenvalue weighted by Crippen LogP contribution is -2.27. The Morgan fingerprint density at radius 3 is 2.85 bits per heavy atom. The largest absolute Gasteiger partial charge is 0.309 e. The number of pyridine rings is 1. The quantitative estimate of drug-likeness (QED) is 0.889. The second-order valence-corrected chi connectivity index (χ2v) is 5.54. The van der Waals surface area contributed by atoms with Crippen molar-refractivity contribution in [2.75, 3.05) is 6.54 Å². The molecule has 1 heterocycles. The zero-order valence-corrected chi connectivity index (χ0v) is 12.0. The number of nitrogens with zero attached hydrogens (tertiary/aromatic N) is 1. The fourth-order valence-electron chi connectivity index (χ4n) is 3.22. The molecule has 1 aromatic heterocycles. The van der Waals surface area contributed by atoms with Crippen molar-refractivity contribution in [3.8, 4) is 0 Å². The lowest BCUT2D eigenvalue weighted by molar-refractivity contribution is 0.437. The van der Waals surface area contributed by atoms with Crippen molar-refractivity contribution in [1.82, 2.24) is 10.3 Å². The van der Waals surface area contributed by atoms with E-state index in [2.05, 4.69) is 59.7 Å². The molecule has 0 amide bonds. The van der Waals surface area contributed by atoms with Crippen LogP contribution in [0.4, 0.5) is 0 Å². The molecular formula is C18H22N2. The molecule has 0 bridgehead atoms. The van der Waals surface area contributed by atoms with Crippen LogP contribution in [-0.4, -0.2) is 11.5 Å². The minimum absolute atomic E-state index is 0.382. The summed E-state index contributed by atoms with van der Waals surface area (Å²) in [7, 11) is 0. The van der Waals surface area contributed by atoms with Gasteiger partial charge in [0.1, 0.15) is 0 Å². The van der Waals surface area contributed by atoms with Gasteiger partial charge in [-0.3, -0.25) is 4.98 Å². The first-order valence-corrected chi connectivity index (χ1v) is 7.62. The molecule has 0 radical (unpaired) electrons. The summed E-state index contributed by atoms with van der Waals surface area (Å²) in [5, 5.41) is 3.73. The maximum atomic E-state index is 4.66. The van der Waals surface area contributed by atoms with Crippen molar-refractivity contribution in [2.24, 2.45) is 0 Å². The van der Waals surface area contributed by atoms with Crippen LogP contribution >= 0.6 is 0 Å². The zero-order chi connectivity index (χ0) is 13.8. The number of rotatable bonds is 5. The van der Waals surface area contributed by atoms with Gasteiger partial charge in [0.2, 0.25) is 0 Å². The van der Waals surface area contributed by atoms with Crippen molar-refractivity contribution < 1.29 is 0 Å². The number of benzene rings is 1. The Labute approximate surface area is 121 Å². The average molecular weight is 266 g/mol. The van der Waals surface area contributed by atoms with Crippen LogP contribution in [-0.2, 0) is 6.42 Å². The molecule has 1 aliphatic rings. The summed E-state index contributed by atoms with van der Waals surface area (Å²) in [5.74, 6) is 0.500. The third kappa shape index (κ3) is 2.61. The summed E-state index contributed by atoms with van der Waals surface area (Å²) < 4.78 is 0. The van der Waals surface area contributed by atoms with E-state index in [-0.39, 0.29) is 0 Å². The molecule has 2 aromatic rings. The van der Waals surface area contributed by atoms with E-state index in [4.69, 9.17) is 0 Å². The molecule has 3 rings (SSSR count). The van der Waals surface area contributed by atoms with Gasteiger partial charge >= 0.3 is 0 Å². The lowest BCUT2D eigenvalue weighted by atomic mass is 9.90. The predicted octanol–water partition coefficient (Wildman–Crippen LogP) is 3.85. The van der Waals surface area contributed by atoms with Crippen LogP contribution in [0.25, 0.3) is 0 Å². The SMILES string of the molecule is CCCNC(c1ccccc1)C1CCc2cccnc21. The first-order chi connectivity index (χ1) is 9.90. The zero-order valence-electron chi connectivity index (χ0n) is 12.0. The van der Waals surface area contributed by atoms with Gasteiger partial charge in [0.15, 0.2) is 0 Å². The molecule has 0 saturated heterocycles. The number of hydrogen-bond acceptors (Lipinski definition) is 2. The van der Waals surface area contributed by atoms with Crippen LogP contribution in [0, 0.1) is 0 Å². The summed E-state index contributed by atoms with van der Waals surface area (Å²) in [5.41, 5.74) is 4.10. The molecule has 2 unspecified atom stereocenters. The third-order valence-corrected chi connectivity index (χ3v) is 4.18. The maximum absolute atomic E-state index is 4.66. The molecule has 2 nitrogen and oxygen atoms in total. The molecule has 2 heteroatoms. The molecule has 20 heavy (non-hydrogen) atoms. The maximum Gasteiger partial charge on any atom is 0.0485 e. The molecule has 1 aliphatic carbocycles. The van der Waals surface area contributed by atoms with Crippen LogP contribution < -0.4 is 5.32 Å². The van der Waals surface area contributed by atoms with Crippen LogP contribution in [0.2, 0.25) is 0 Å². The minimum Gasteiger partial charge on any atom is -0.309 e. The van der Waals surface area contributed by atoms with E-state index < -0.39 is 0 Å². The highest BCUT2D eigenvalue weighted by Crippen LogP contribution is 2.40. The van der Waals surface area contributed by atoms with Crippen molar-refractivity contribution in [3.05, 3.63) is 65.5 Å². The first-order valence-electron chi connectivity index (χ1n) is 7.62. The average Bonchev–Trinajstić information content (AvgIpc) is 2.93. The van der Waals surface area contributed by atoms with Gasteiger partial charge in [0.05, 0.1) is 0 Å². The molecule has 0 fully saturated rings. The van der Waals surface area contributed by atoms with Crippen molar-refractivity contribution >= 4 is 0 Å². The van der Waals surface area contributed by atoms with Crippen LogP contribution in [0.1, 0.15) is 48.5 Å². The highest BCUT2D eigenvalue weighted by atomic mass is 14.9. The Kier molecular flexibility index (Phi) is 4.12.